The van der Waals surface area contributed by atoms with Gasteiger partial charge in [0.15, 0.2) is 12.0 Å². The summed E-state index contributed by atoms with van der Waals surface area (Å²) in [6.45, 7) is 5.35. The summed E-state index contributed by atoms with van der Waals surface area (Å²) >= 11 is 0. The molecule has 6 nitrogen and oxygen atoms in total. The molecule has 2 heterocycles. The highest BCUT2D eigenvalue weighted by atomic mass is 16.6. The summed E-state index contributed by atoms with van der Waals surface area (Å²) in [6, 6.07) is 9.53. The van der Waals surface area contributed by atoms with Crippen molar-refractivity contribution in [1.29, 1.82) is 5.26 Å². The first-order valence-electron chi connectivity index (χ1n) is 10.5. The van der Waals surface area contributed by atoms with Crippen LogP contribution in [0.2, 0.25) is 0 Å². The molecule has 3 aliphatic rings. The van der Waals surface area contributed by atoms with E-state index in [1.54, 1.807) is 18.6 Å². The topological polar surface area (TPSA) is 58.0 Å². The van der Waals surface area contributed by atoms with Gasteiger partial charge in [-0.1, -0.05) is 30.4 Å². The third-order valence-electron chi connectivity index (χ3n) is 5.47. The monoisotopic (exact) mass is 405 g/mol. The molecule has 0 amide bonds. The van der Waals surface area contributed by atoms with E-state index < -0.39 is 0 Å². The molecule has 1 aromatic rings. The Morgan fingerprint density at radius 1 is 1.07 bits per heavy atom. The third-order valence-corrected chi connectivity index (χ3v) is 5.47. The van der Waals surface area contributed by atoms with Gasteiger partial charge < -0.3 is 19.1 Å². The Kier molecular flexibility index (Phi) is 6.73. The van der Waals surface area contributed by atoms with Crippen molar-refractivity contribution in [2.24, 2.45) is 0 Å². The minimum absolute atomic E-state index is 0.586. The summed E-state index contributed by atoms with van der Waals surface area (Å²) in [5.41, 5.74) is 1.76. The Morgan fingerprint density at radius 3 is 2.67 bits per heavy atom. The van der Waals surface area contributed by atoms with Gasteiger partial charge >= 0.3 is 0 Å². The second-order valence-electron chi connectivity index (χ2n) is 7.47. The van der Waals surface area contributed by atoms with Crippen molar-refractivity contribution >= 4 is 0 Å². The van der Waals surface area contributed by atoms with E-state index in [1.807, 2.05) is 18.2 Å². The predicted octanol–water partition coefficient (Wildman–Crippen LogP) is 3.91. The van der Waals surface area contributed by atoms with Crippen LogP contribution < -0.4 is 4.74 Å². The molecule has 1 saturated heterocycles. The Balaban J connectivity index is 1.16. The highest BCUT2D eigenvalue weighted by Gasteiger charge is 2.22. The van der Waals surface area contributed by atoms with Crippen LogP contribution in [0.4, 0.5) is 0 Å². The summed E-state index contributed by atoms with van der Waals surface area (Å²) in [5, 5.41) is 9.12. The van der Waals surface area contributed by atoms with Crippen LogP contribution in [0.5, 0.6) is 5.75 Å². The van der Waals surface area contributed by atoms with Crippen molar-refractivity contribution in [3.8, 4) is 11.8 Å². The van der Waals surface area contributed by atoms with Gasteiger partial charge in [-0.25, -0.2) is 0 Å². The molecular weight excluding hydrogens is 378 g/mol. The van der Waals surface area contributed by atoms with E-state index in [-0.39, 0.29) is 0 Å². The average Bonchev–Trinajstić information content (AvgIpc) is 2.83. The molecule has 0 unspecified atom stereocenters. The van der Waals surface area contributed by atoms with Gasteiger partial charge in [0, 0.05) is 32.7 Å². The molecule has 1 aliphatic carbocycles. The average molecular weight is 405 g/mol. The van der Waals surface area contributed by atoms with Crippen LogP contribution in [-0.2, 0) is 9.47 Å². The molecule has 1 fully saturated rings. The lowest BCUT2D eigenvalue weighted by Gasteiger charge is -2.36. The number of hydrogen-bond donors (Lipinski definition) is 0. The fourth-order valence-electron chi connectivity index (χ4n) is 3.74. The van der Waals surface area contributed by atoms with Crippen LogP contribution in [0.15, 0.2) is 72.2 Å². The Labute approximate surface area is 177 Å². The molecule has 0 radical (unpaired) electrons. The number of nitriles is 1. The molecular formula is C24H27N3O3. The quantitative estimate of drug-likeness (QED) is 0.641. The molecule has 4 rings (SSSR count). The highest BCUT2D eigenvalue weighted by molar-refractivity contribution is 5.42. The Hall–Kier alpha value is -3.17. The number of allylic oxidation sites excluding steroid dienone is 4. The van der Waals surface area contributed by atoms with Crippen molar-refractivity contribution < 1.29 is 14.2 Å². The van der Waals surface area contributed by atoms with E-state index in [2.05, 4.69) is 34.1 Å². The molecule has 156 valence electrons. The lowest BCUT2D eigenvalue weighted by Crippen LogP contribution is -2.46. The van der Waals surface area contributed by atoms with E-state index in [9.17, 15) is 0 Å². The van der Waals surface area contributed by atoms with Gasteiger partial charge in [-0.05, 0) is 37.0 Å². The number of nitrogens with zero attached hydrogens (tertiary/aromatic N) is 3. The molecule has 2 aliphatic heterocycles. The Morgan fingerprint density at radius 2 is 1.93 bits per heavy atom. The van der Waals surface area contributed by atoms with Crippen LogP contribution in [0.3, 0.4) is 0 Å². The molecule has 6 heteroatoms. The Bertz CT molecular complexity index is 903. The summed E-state index contributed by atoms with van der Waals surface area (Å²) in [6.07, 6.45) is 12.7. The van der Waals surface area contributed by atoms with Crippen molar-refractivity contribution in [2.75, 3.05) is 39.3 Å². The first kappa shape index (κ1) is 20.1. The number of para-hydroxylation sites is 1. The first-order chi connectivity index (χ1) is 14.8. The van der Waals surface area contributed by atoms with E-state index in [0.29, 0.717) is 17.9 Å². The standard InChI is InChI=1S/C24H27N3O3/c25-17-21-9-4-5-10-22(21)28-16-6-11-26-12-14-27(15-13-26)24-19-29-23(18-30-24)20-7-2-1-3-8-20/h1-2,4-5,7,9-10,18-19H,3,6,8,11-16H2. The number of hydrogen-bond acceptors (Lipinski definition) is 6. The van der Waals surface area contributed by atoms with Crippen LogP contribution in [-0.4, -0.2) is 49.1 Å². The van der Waals surface area contributed by atoms with Crippen molar-refractivity contribution in [1.82, 2.24) is 9.80 Å². The lowest BCUT2D eigenvalue weighted by molar-refractivity contribution is 0.0823. The number of ether oxygens (including phenoxy) is 3. The fraction of sp³-hybridized carbons (Fsp3) is 0.375. The zero-order valence-electron chi connectivity index (χ0n) is 17.1. The maximum Gasteiger partial charge on any atom is 0.231 e. The molecule has 1 aromatic carbocycles. The van der Waals surface area contributed by atoms with Crippen LogP contribution in [0.1, 0.15) is 24.8 Å². The predicted molar refractivity (Wildman–Crippen MR) is 114 cm³/mol. The second kappa shape index (κ2) is 10.0. The smallest absolute Gasteiger partial charge is 0.231 e. The maximum atomic E-state index is 9.12. The lowest BCUT2D eigenvalue weighted by atomic mass is 10.0. The van der Waals surface area contributed by atoms with Gasteiger partial charge in [-0.2, -0.15) is 5.26 Å². The molecule has 0 N–H and O–H groups in total. The van der Waals surface area contributed by atoms with Crippen LogP contribution >= 0.6 is 0 Å². The molecule has 30 heavy (non-hydrogen) atoms. The van der Waals surface area contributed by atoms with Crippen molar-refractivity contribution in [2.45, 2.75) is 19.3 Å². The van der Waals surface area contributed by atoms with E-state index in [1.165, 1.54) is 5.57 Å². The summed E-state index contributed by atoms with van der Waals surface area (Å²) in [7, 11) is 0. The van der Waals surface area contributed by atoms with Gasteiger partial charge in [-0.15, -0.1) is 0 Å². The normalized spacial score (nSPS) is 19.0. The van der Waals surface area contributed by atoms with Gasteiger partial charge in [0.2, 0.25) is 5.88 Å². The summed E-state index contributed by atoms with van der Waals surface area (Å²) in [5.74, 6) is 2.25. The number of benzene rings is 1. The zero-order valence-corrected chi connectivity index (χ0v) is 17.1. The fourth-order valence-corrected chi connectivity index (χ4v) is 3.74. The summed E-state index contributed by atoms with van der Waals surface area (Å²) in [4.78, 5) is 4.65. The first-order valence-corrected chi connectivity index (χ1v) is 10.5. The SMILES string of the molecule is N#Cc1ccccc1OCCCN1CCN(C2=COC(C3=CC=CCC3)=CO2)CC1. The largest absolute Gasteiger partial charge is 0.492 e. The van der Waals surface area contributed by atoms with Gasteiger partial charge in [0.1, 0.15) is 18.1 Å². The highest BCUT2D eigenvalue weighted by Crippen LogP contribution is 2.26. The molecule has 0 atom stereocenters. The minimum Gasteiger partial charge on any atom is -0.492 e. The maximum absolute atomic E-state index is 9.12. The second-order valence-corrected chi connectivity index (χ2v) is 7.47. The van der Waals surface area contributed by atoms with Gasteiger partial charge in [-0.3, -0.25) is 4.90 Å². The molecule has 0 bridgehead atoms. The minimum atomic E-state index is 0.586. The molecule has 0 spiro atoms. The summed E-state index contributed by atoms with van der Waals surface area (Å²) < 4.78 is 17.5. The van der Waals surface area contributed by atoms with Crippen LogP contribution in [0, 0.1) is 11.3 Å². The number of piperazine rings is 1. The third kappa shape index (κ3) is 5.05. The molecule has 0 saturated carbocycles. The van der Waals surface area contributed by atoms with Gasteiger partial charge in [0.25, 0.3) is 0 Å². The number of rotatable bonds is 7. The molecule has 0 aromatic heterocycles. The van der Waals surface area contributed by atoms with E-state index >= 15 is 0 Å². The van der Waals surface area contributed by atoms with Crippen molar-refractivity contribution in [3.05, 3.63) is 77.8 Å². The van der Waals surface area contributed by atoms with Crippen molar-refractivity contribution in [3.63, 3.8) is 0 Å². The zero-order chi connectivity index (χ0) is 20.6. The van der Waals surface area contributed by atoms with Crippen LogP contribution in [0.25, 0.3) is 0 Å². The van der Waals surface area contributed by atoms with E-state index in [4.69, 9.17) is 19.5 Å². The van der Waals surface area contributed by atoms with E-state index in [0.717, 1.165) is 63.6 Å². The van der Waals surface area contributed by atoms with Gasteiger partial charge in [0.05, 0.1) is 12.2 Å².